The number of piperidine rings is 1. The average molecular weight is 351 g/mol. The van der Waals surface area contributed by atoms with Crippen LogP contribution in [0.1, 0.15) is 24.0 Å². The zero-order chi connectivity index (χ0) is 17.8. The third-order valence-electron chi connectivity index (χ3n) is 5.30. The van der Waals surface area contributed by atoms with E-state index in [1.54, 1.807) is 0 Å². The highest BCUT2D eigenvalue weighted by molar-refractivity contribution is 5.79. The Bertz CT molecular complexity index is 751. The van der Waals surface area contributed by atoms with Gasteiger partial charge < -0.3 is 14.4 Å². The number of likely N-dealkylation sites (tertiary alicyclic amines) is 1. The smallest absolute Gasteiger partial charge is 0.226 e. The fourth-order valence-electron chi connectivity index (χ4n) is 3.82. The zero-order valence-electron chi connectivity index (χ0n) is 15.0. The molecule has 4 nitrogen and oxygen atoms in total. The highest BCUT2D eigenvalue weighted by Crippen LogP contribution is 2.31. The molecule has 2 heterocycles. The van der Waals surface area contributed by atoms with Crippen LogP contribution in [0.4, 0.5) is 0 Å². The second-order valence-electron chi connectivity index (χ2n) is 7.17. The van der Waals surface area contributed by atoms with Crippen LogP contribution in [0.25, 0.3) is 0 Å². The van der Waals surface area contributed by atoms with E-state index in [4.69, 9.17) is 9.47 Å². The molecule has 1 saturated heterocycles. The summed E-state index contributed by atoms with van der Waals surface area (Å²) in [6, 6.07) is 16.5. The van der Waals surface area contributed by atoms with Crippen molar-refractivity contribution < 1.29 is 14.3 Å². The Morgan fingerprint density at radius 1 is 0.923 bits per heavy atom. The maximum absolute atomic E-state index is 12.7. The van der Waals surface area contributed by atoms with Gasteiger partial charge in [-0.15, -0.1) is 0 Å². The Balaban J connectivity index is 1.30. The molecular weight excluding hydrogens is 326 g/mol. The summed E-state index contributed by atoms with van der Waals surface area (Å²) in [6.45, 7) is 2.88. The van der Waals surface area contributed by atoms with Crippen molar-refractivity contribution in [2.75, 3.05) is 26.3 Å². The van der Waals surface area contributed by atoms with Crippen molar-refractivity contribution in [1.29, 1.82) is 0 Å². The molecule has 0 aliphatic carbocycles. The van der Waals surface area contributed by atoms with Crippen molar-refractivity contribution in [1.82, 2.24) is 4.90 Å². The van der Waals surface area contributed by atoms with E-state index in [2.05, 4.69) is 30.3 Å². The summed E-state index contributed by atoms with van der Waals surface area (Å²) in [4.78, 5) is 14.7. The molecule has 2 aromatic carbocycles. The van der Waals surface area contributed by atoms with Crippen LogP contribution < -0.4 is 9.47 Å². The molecule has 0 aromatic heterocycles. The van der Waals surface area contributed by atoms with E-state index in [9.17, 15) is 4.79 Å². The molecule has 0 atom stereocenters. The van der Waals surface area contributed by atoms with E-state index in [0.29, 0.717) is 25.6 Å². The minimum absolute atomic E-state index is 0.208. The summed E-state index contributed by atoms with van der Waals surface area (Å²) in [5.41, 5.74) is 2.39. The van der Waals surface area contributed by atoms with Crippen LogP contribution in [0.5, 0.6) is 11.5 Å². The lowest BCUT2D eigenvalue weighted by atomic mass is 9.90. The van der Waals surface area contributed by atoms with Crippen molar-refractivity contribution in [3.05, 3.63) is 59.7 Å². The molecule has 2 aliphatic rings. The lowest BCUT2D eigenvalue weighted by Crippen LogP contribution is -2.39. The largest absolute Gasteiger partial charge is 0.486 e. The molecule has 4 heteroatoms. The number of nitrogens with zero attached hydrogens (tertiary/aromatic N) is 1. The average Bonchev–Trinajstić information content (AvgIpc) is 2.69. The van der Waals surface area contributed by atoms with Gasteiger partial charge in [0.15, 0.2) is 11.5 Å². The Kier molecular flexibility index (Phi) is 5.09. The van der Waals surface area contributed by atoms with Crippen molar-refractivity contribution in [2.45, 2.75) is 25.7 Å². The number of carbonyl (C=O) groups is 1. The first-order valence-electron chi connectivity index (χ1n) is 9.48. The van der Waals surface area contributed by atoms with Crippen molar-refractivity contribution >= 4 is 5.91 Å². The summed E-state index contributed by atoms with van der Waals surface area (Å²) in [5, 5.41) is 0. The molecule has 1 fully saturated rings. The summed E-state index contributed by atoms with van der Waals surface area (Å²) in [7, 11) is 0. The van der Waals surface area contributed by atoms with Gasteiger partial charge in [-0.3, -0.25) is 4.79 Å². The van der Waals surface area contributed by atoms with Crippen LogP contribution in [0.2, 0.25) is 0 Å². The number of carbonyl (C=O) groups excluding carboxylic acids is 1. The number of rotatable bonds is 4. The quantitative estimate of drug-likeness (QED) is 0.846. The lowest BCUT2D eigenvalue weighted by Gasteiger charge is -2.32. The minimum Gasteiger partial charge on any atom is -0.486 e. The van der Waals surface area contributed by atoms with Crippen LogP contribution >= 0.6 is 0 Å². The first-order valence-corrected chi connectivity index (χ1v) is 9.48. The number of fused-ring (bicyclic) bond motifs is 1. The normalized spacial score (nSPS) is 17.2. The predicted octanol–water partition coefficient (Wildman–Crippen LogP) is 3.48. The Morgan fingerprint density at radius 3 is 2.42 bits per heavy atom. The summed E-state index contributed by atoms with van der Waals surface area (Å²) in [6.07, 6.45) is 3.72. The van der Waals surface area contributed by atoms with E-state index in [-0.39, 0.29) is 5.91 Å². The molecule has 26 heavy (non-hydrogen) atoms. The van der Waals surface area contributed by atoms with Gasteiger partial charge in [-0.1, -0.05) is 36.4 Å². The number of hydrogen-bond acceptors (Lipinski definition) is 3. The highest BCUT2D eigenvalue weighted by Gasteiger charge is 2.23. The molecule has 2 aromatic rings. The molecule has 0 unspecified atom stereocenters. The Hall–Kier alpha value is -2.49. The van der Waals surface area contributed by atoms with Gasteiger partial charge in [-0.2, -0.15) is 0 Å². The van der Waals surface area contributed by atoms with Crippen LogP contribution in [-0.4, -0.2) is 37.1 Å². The number of benzene rings is 2. The van der Waals surface area contributed by atoms with Crippen molar-refractivity contribution in [3.8, 4) is 11.5 Å². The molecule has 0 radical (unpaired) electrons. The van der Waals surface area contributed by atoms with Gasteiger partial charge in [0.1, 0.15) is 13.2 Å². The van der Waals surface area contributed by atoms with Crippen LogP contribution in [0, 0.1) is 5.92 Å². The fourth-order valence-corrected chi connectivity index (χ4v) is 3.82. The van der Waals surface area contributed by atoms with Crippen molar-refractivity contribution in [2.24, 2.45) is 5.92 Å². The topological polar surface area (TPSA) is 38.8 Å². The number of ether oxygens (including phenoxy) is 2. The first-order chi connectivity index (χ1) is 12.8. The van der Waals surface area contributed by atoms with E-state index < -0.39 is 0 Å². The standard InChI is InChI=1S/C22H25NO3/c24-22(16-19-6-7-20-21(15-19)26-13-12-25-20)23-10-8-18(9-11-23)14-17-4-2-1-3-5-17/h1-7,15,18H,8-14,16H2. The van der Waals surface area contributed by atoms with Crippen LogP contribution in [0.3, 0.4) is 0 Å². The maximum atomic E-state index is 12.7. The molecule has 4 rings (SSSR count). The Labute approximate surface area is 154 Å². The predicted molar refractivity (Wildman–Crippen MR) is 101 cm³/mol. The molecular formula is C22H25NO3. The van der Waals surface area contributed by atoms with Gasteiger partial charge in [-0.05, 0) is 48.4 Å². The highest BCUT2D eigenvalue weighted by atomic mass is 16.6. The summed E-state index contributed by atoms with van der Waals surface area (Å²) < 4.78 is 11.2. The van der Waals surface area contributed by atoms with Crippen molar-refractivity contribution in [3.63, 3.8) is 0 Å². The lowest BCUT2D eigenvalue weighted by molar-refractivity contribution is -0.131. The van der Waals surface area contributed by atoms with Crippen LogP contribution in [-0.2, 0) is 17.6 Å². The van der Waals surface area contributed by atoms with E-state index >= 15 is 0 Å². The molecule has 0 saturated carbocycles. The maximum Gasteiger partial charge on any atom is 0.226 e. The van der Waals surface area contributed by atoms with Gasteiger partial charge in [0, 0.05) is 13.1 Å². The molecule has 1 amide bonds. The van der Waals surface area contributed by atoms with Gasteiger partial charge in [-0.25, -0.2) is 0 Å². The van der Waals surface area contributed by atoms with Gasteiger partial charge in [0.25, 0.3) is 0 Å². The number of hydrogen-bond donors (Lipinski definition) is 0. The SMILES string of the molecule is O=C(Cc1ccc2c(c1)OCCO2)N1CCC(Cc2ccccc2)CC1. The first kappa shape index (κ1) is 17.0. The van der Waals surface area contributed by atoms with E-state index in [1.807, 2.05) is 23.1 Å². The van der Waals surface area contributed by atoms with E-state index in [0.717, 1.165) is 49.4 Å². The third-order valence-corrected chi connectivity index (χ3v) is 5.30. The monoisotopic (exact) mass is 351 g/mol. The zero-order valence-corrected chi connectivity index (χ0v) is 15.0. The molecule has 0 bridgehead atoms. The van der Waals surface area contributed by atoms with Gasteiger partial charge >= 0.3 is 0 Å². The summed E-state index contributed by atoms with van der Waals surface area (Å²) >= 11 is 0. The van der Waals surface area contributed by atoms with Gasteiger partial charge in [0.05, 0.1) is 6.42 Å². The fraction of sp³-hybridized carbons (Fsp3) is 0.409. The second-order valence-corrected chi connectivity index (χ2v) is 7.17. The Morgan fingerprint density at radius 2 is 1.65 bits per heavy atom. The third kappa shape index (κ3) is 4.01. The molecule has 2 aliphatic heterocycles. The second kappa shape index (κ2) is 7.81. The molecule has 136 valence electrons. The van der Waals surface area contributed by atoms with E-state index in [1.165, 1.54) is 5.56 Å². The number of amides is 1. The molecule has 0 N–H and O–H groups in total. The van der Waals surface area contributed by atoms with Crippen LogP contribution in [0.15, 0.2) is 48.5 Å². The summed E-state index contributed by atoms with van der Waals surface area (Å²) in [5.74, 6) is 2.41. The molecule has 0 spiro atoms. The van der Waals surface area contributed by atoms with Gasteiger partial charge in [0.2, 0.25) is 5.91 Å². The minimum atomic E-state index is 0.208.